The van der Waals surface area contributed by atoms with Gasteiger partial charge in [-0.1, -0.05) is 28.9 Å². The first-order valence-corrected chi connectivity index (χ1v) is 7.02. The van der Waals surface area contributed by atoms with Gasteiger partial charge < -0.3 is 16.3 Å². The van der Waals surface area contributed by atoms with Gasteiger partial charge >= 0.3 is 0 Å². The molecule has 4 N–H and O–H groups in total. The Balaban J connectivity index is 2.26. The molecule has 7 heteroatoms. The number of hydrogen-bond acceptors (Lipinski definition) is 3. The van der Waals surface area contributed by atoms with Crippen molar-refractivity contribution in [2.75, 3.05) is 5.32 Å². The van der Waals surface area contributed by atoms with Crippen molar-refractivity contribution in [1.29, 1.82) is 0 Å². The van der Waals surface area contributed by atoms with Gasteiger partial charge in [-0.3, -0.25) is 4.79 Å². The van der Waals surface area contributed by atoms with E-state index < -0.39 is 0 Å². The van der Waals surface area contributed by atoms with E-state index >= 15 is 0 Å². The molecule has 1 amide bonds. The van der Waals surface area contributed by atoms with Crippen molar-refractivity contribution < 1.29 is 10.0 Å². The van der Waals surface area contributed by atoms with Crippen LogP contribution in [0.5, 0.6) is 0 Å². The van der Waals surface area contributed by atoms with Crippen molar-refractivity contribution >= 4 is 45.0 Å². The van der Waals surface area contributed by atoms with E-state index in [0.717, 1.165) is 0 Å². The number of oxime groups is 1. The number of anilines is 1. The molecule has 2 aromatic carbocycles. The zero-order valence-corrected chi connectivity index (χ0v) is 13.0. The summed E-state index contributed by atoms with van der Waals surface area (Å²) in [5.41, 5.74) is 6.95. The maximum atomic E-state index is 12.2. The van der Waals surface area contributed by atoms with Crippen molar-refractivity contribution in [2.45, 2.75) is 0 Å². The third-order valence-electron chi connectivity index (χ3n) is 2.70. The topological polar surface area (TPSA) is 87.7 Å². The van der Waals surface area contributed by atoms with E-state index in [1.165, 1.54) is 0 Å². The molecule has 21 heavy (non-hydrogen) atoms. The number of nitrogens with one attached hydrogen (secondary N) is 1. The highest BCUT2D eigenvalue weighted by atomic mass is 79.9. The van der Waals surface area contributed by atoms with Crippen LogP contribution >= 0.6 is 27.5 Å². The minimum atomic E-state index is -0.318. The summed E-state index contributed by atoms with van der Waals surface area (Å²) in [6.45, 7) is 0. The Labute approximate surface area is 134 Å². The van der Waals surface area contributed by atoms with E-state index in [1.807, 2.05) is 0 Å². The van der Waals surface area contributed by atoms with Crippen LogP contribution in [0.15, 0.2) is 52.1 Å². The van der Waals surface area contributed by atoms with Crippen molar-refractivity contribution in [2.24, 2.45) is 10.9 Å². The van der Waals surface area contributed by atoms with Crippen molar-refractivity contribution in [3.05, 3.63) is 63.1 Å². The summed E-state index contributed by atoms with van der Waals surface area (Å²) in [4.78, 5) is 12.2. The molecule has 2 aromatic rings. The van der Waals surface area contributed by atoms with E-state index in [4.69, 9.17) is 22.5 Å². The lowest BCUT2D eigenvalue weighted by molar-refractivity contribution is 0.102. The lowest BCUT2D eigenvalue weighted by atomic mass is 10.1. The SMILES string of the molecule is N/C(=N/O)c1cccc(NC(=O)c2cc(Cl)ccc2Br)c1. The zero-order chi connectivity index (χ0) is 15.4. The molecular weight excluding hydrogens is 358 g/mol. The molecule has 0 saturated heterocycles. The number of nitrogens with zero attached hydrogens (tertiary/aromatic N) is 1. The predicted molar refractivity (Wildman–Crippen MR) is 86.1 cm³/mol. The van der Waals surface area contributed by atoms with Gasteiger partial charge in [0.2, 0.25) is 0 Å². The van der Waals surface area contributed by atoms with Crippen LogP contribution in [-0.4, -0.2) is 17.0 Å². The summed E-state index contributed by atoms with van der Waals surface area (Å²) >= 11 is 9.19. The van der Waals surface area contributed by atoms with E-state index in [2.05, 4.69) is 26.4 Å². The summed E-state index contributed by atoms with van der Waals surface area (Å²) in [6.07, 6.45) is 0. The van der Waals surface area contributed by atoms with E-state index in [-0.39, 0.29) is 11.7 Å². The lowest BCUT2D eigenvalue weighted by Crippen LogP contribution is -2.15. The molecule has 0 unspecified atom stereocenters. The van der Waals surface area contributed by atoms with Crippen molar-refractivity contribution in [3.63, 3.8) is 0 Å². The summed E-state index contributed by atoms with van der Waals surface area (Å²) in [5.74, 6) is -0.351. The van der Waals surface area contributed by atoms with Crippen LogP contribution in [0, 0.1) is 0 Å². The van der Waals surface area contributed by atoms with Crippen LogP contribution in [0.1, 0.15) is 15.9 Å². The quantitative estimate of drug-likeness (QED) is 0.335. The second-order valence-electron chi connectivity index (χ2n) is 4.14. The van der Waals surface area contributed by atoms with E-state index in [1.54, 1.807) is 42.5 Å². The molecule has 0 aliphatic carbocycles. The Morgan fingerprint density at radius 3 is 2.76 bits per heavy atom. The van der Waals surface area contributed by atoms with Crippen molar-refractivity contribution in [3.8, 4) is 0 Å². The second kappa shape index (κ2) is 6.60. The summed E-state index contributed by atoms with van der Waals surface area (Å²) in [7, 11) is 0. The van der Waals surface area contributed by atoms with Crippen LogP contribution in [0.25, 0.3) is 0 Å². The largest absolute Gasteiger partial charge is 0.409 e. The van der Waals surface area contributed by atoms with Gasteiger partial charge in [-0.25, -0.2) is 0 Å². The Morgan fingerprint density at radius 1 is 1.29 bits per heavy atom. The molecule has 0 aliphatic heterocycles. The molecular formula is C14H11BrClN3O2. The molecule has 0 spiro atoms. The zero-order valence-electron chi connectivity index (χ0n) is 10.7. The number of amides is 1. The highest BCUT2D eigenvalue weighted by Crippen LogP contribution is 2.22. The summed E-state index contributed by atoms with van der Waals surface area (Å²) < 4.78 is 0.636. The fourth-order valence-electron chi connectivity index (χ4n) is 1.68. The maximum absolute atomic E-state index is 12.2. The van der Waals surface area contributed by atoms with Crippen LogP contribution in [0.4, 0.5) is 5.69 Å². The molecule has 2 rings (SSSR count). The second-order valence-corrected chi connectivity index (χ2v) is 5.44. The molecule has 0 aromatic heterocycles. The molecule has 5 nitrogen and oxygen atoms in total. The normalized spacial score (nSPS) is 11.2. The average molecular weight is 369 g/mol. The number of rotatable bonds is 3. The number of halogens is 2. The first-order chi connectivity index (χ1) is 10.0. The van der Waals surface area contributed by atoms with Gasteiger partial charge in [0.25, 0.3) is 5.91 Å². The van der Waals surface area contributed by atoms with Crippen LogP contribution in [-0.2, 0) is 0 Å². The number of carbonyl (C=O) groups is 1. The molecule has 0 atom stereocenters. The predicted octanol–water partition coefficient (Wildman–Crippen LogP) is 3.45. The van der Waals surface area contributed by atoms with E-state index in [9.17, 15) is 4.79 Å². The van der Waals surface area contributed by atoms with Crippen LogP contribution < -0.4 is 11.1 Å². The van der Waals surface area contributed by atoms with Gasteiger partial charge in [-0.2, -0.15) is 0 Å². The average Bonchev–Trinajstić information content (AvgIpc) is 2.49. The fraction of sp³-hybridized carbons (Fsp3) is 0. The van der Waals surface area contributed by atoms with Gasteiger partial charge in [0.15, 0.2) is 5.84 Å². The first kappa shape index (κ1) is 15.3. The number of nitrogens with two attached hydrogens (primary N) is 1. The third kappa shape index (κ3) is 3.74. The molecule has 0 bridgehead atoms. The number of hydrogen-bond donors (Lipinski definition) is 3. The Kier molecular flexibility index (Phi) is 4.82. The monoisotopic (exact) mass is 367 g/mol. The van der Waals surface area contributed by atoms with Gasteiger partial charge in [0, 0.05) is 20.7 Å². The van der Waals surface area contributed by atoms with Crippen molar-refractivity contribution in [1.82, 2.24) is 0 Å². The summed E-state index contributed by atoms with van der Waals surface area (Å²) in [5, 5.41) is 14.8. The molecule has 0 aliphatic rings. The number of benzene rings is 2. The number of carbonyl (C=O) groups excluding carboxylic acids is 1. The van der Waals surface area contributed by atoms with Gasteiger partial charge in [-0.15, -0.1) is 0 Å². The Bertz CT molecular complexity index is 719. The maximum Gasteiger partial charge on any atom is 0.256 e. The van der Waals surface area contributed by atoms with Gasteiger partial charge in [-0.05, 0) is 46.3 Å². The summed E-state index contributed by atoms with van der Waals surface area (Å²) in [6, 6.07) is 11.6. The lowest BCUT2D eigenvalue weighted by Gasteiger charge is -2.08. The molecule has 0 radical (unpaired) electrons. The highest BCUT2D eigenvalue weighted by Gasteiger charge is 2.11. The fourth-order valence-corrected chi connectivity index (χ4v) is 2.28. The minimum absolute atomic E-state index is 0.0324. The molecule has 0 saturated carbocycles. The molecule has 0 heterocycles. The Morgan fingerprint density at radius 2 is 2.05 bits per heavy atom. The molecule has 108 valence electrons. The first-order valence-electron chi connectivity index (χ1n) is 5.85. The van der Waals surface area contributed by atoms with Crippen LogP contribution in [0.3, 0.4) is 0 Å². The van der Waals surface area contributed by atoms with Crippen LogP contribution in [0.2, 0.25) is 5.02 Å². The highest BCUT2D eigenvalue weighted by molar-refractivity contribution is 9.10. The van der Waals surface area contributed by atoms with Gasteiger partial charge in [0.05, 0.1) is 5.56 Å². The smallest absolute Gasteiger partial charge is 0.256 e. The van der Waals surface area contributed by atoms with E-state index in [0.29, 0.717) is 26.3 Å². The van der Waals surface area contributed by atoms with Gasteiger partial charge in [0.1, 0.15) is 0 Å². The minimum Gasteiger partial charge on any atom is -0.409 e. The standard InChI is InChI=1S/C14H11BrClN3O2/c15-12-5-4-9(16)7-11(12)14(20)18-10-3-1-2-8(6-10)13(17)19-21/h1-7,21H,(H2,17,19)(H,18,20). The number of amidine groups is 1. The Hall–Kier alpha value is -2.05. The molecule has 0 fully saturated rings. The third-order valence-corrected chi connectivity index (χ3v) is 3.62.